The number of benzene rings is 1. The molecular formula is C15H15ClN4O. The minimum Gasteiger partial charge on any atom is -0.309 e. The number of halogens is 1. The van der Waals surface area contributed by atoms with E-state index in [9.17, 15) is 4.79 Å². The topological polar surface area (TPSA) is 58.1 Å². The Morgan fingerprint density at radius 2 is 2.00 bits per heavy atom. The van der Waals surface area contributed by atoms with E-state index in [0.29, 0.717) is 24.1 Å². The van der Waals surface area contributed by atoms with Crippen molar-refractivity contribution in [3.8, 4) is 0 Å². The standard InChI is InChI=1S/C15H15ClN4O/c16-14-12-8-20(7-6-11-4-2-1-3-5-11)9-13(21)19-15(12)18-10-17-14/h1-5,10H,6-9H2,(H,17,18,19,21). The minimum atomic E-state index is -0.0726. The van der Waals surface area contributed by atoms with Crippen molar-refractivity contribution < 1.29 is 4.79 Å². The molecule has 3 rings (SSSR count). The van der Waals surface area contributed by atoms with Crippen LogP contribution in [0.5, 0.6) is 0 Å². The van der Waals surface area contributed by atoms with Gasteiger partial charge in [0.2, 0.25) is 5.91 Å². The molecule has 5 nitrogen and oxygen atoms in total. The van der Waals surface area contributed by atoms with Crippen molar-refractivity contribution >= 4 is 23.3 Å². The zero-order valence-electron chi connectivity index (χ0n) is 11.4. The van der Waals surface area contributed by atoms with E-state index >= 15 is 0 Å². The Balaban J connectivity index is 1.74. The van der Waals surface area contributed by atoms with Gasteiger partial charge in [-0.15, -0.1) is 0 Å². The average molecular weight is 303 g/mol. The van der Waals surface area contributed by atoms with E-state index in [1.54, 1.807) is 0 Å². The number of nitrogens with zero attached hydrogens (tertiary/aromatic N) is 3. The van der Waals surface area contributed by atoms with Crippen LogP contribution in [0, 0.1) is 0 Å². The molecule has 0 aliphatic carbocycles. The summed E-state index contributed by atoms with van der Waals surface area (Å²) >= 11 is 6.12. The van der Waals surface area contributed by atoms with Crippen molar-refractivity contribution in [3.63, 3.8) is 0 Å². The Morgan fingerprint density at radius 3 is 2.81 bits per heavy atom. The van der Waals surface area contributed by atoms with E-state index in [2.05, 4.69) is 32.3 Å². The van der Waals surface area contributed by atoms with Gasteiger partial charge >= 0.3 is 0 Å². The Labute approximate surface area is 128 Å². The first kappa shape index (κ1) is 14.0. The molecule has 108 valence electrons. The van der Waals surface area contributed by atoms with Crippen LogP contribution in [0.1, 0.15) is 11.1 Å². The van der Waals surface area contributed by atoms with Crippen LogP contribution in [0.4, 0.5) is 5.82 Å². The number of carbonyl (C=O) groups excluding carboxylic acids is 1. The van der Waals surface area contributed by atoms with Gasteiger partial charge in [0, 0.05) is 18.7 Å². The third kappa shape index (κ3) is 3.37. The van der Waals surface area contributed by atoms with Crippen LogP contribution < -0.4 is 5.32 Å². The first-order chi connectivity index (χ1) is 10.2. The van der Waals surface area contributed by atoms with Crippen LogP contribution in [-0.4, -0.2) is 33.9 Å². The summed E-state index contributed by atoms with van der Waals surface area (Å²) < 4.78 is 0. The molecule has 2 aromatic rings. The summed E-state index contributed by atoms with van der Waals surface area (Å²) in [5, 5.41) is 3.17. The number of rotatable bonds is 3. The highest BCUT2D eigenvalue weighted by Crippen LogP contribution is 2.23. The number of hydrogen-bond donors (Lipinski definition) is 1. The maximum Gasteiger partial charge on any atom is 0.239 e. The smallest absolute Gasteiger partial charge is 0.239 e. The van der Waals surface area contributed by atoms with Gasteiger partial charge in [0.15, 0.2) is 0 Å². The van der Waals surface area contributed by atoms with Crippen LogP contribution in [0.2, 0.25) is 5.15 Å². The van der Waals surface area contributed by atoms with Gasteiger partial charge in [-0.3, -0.25) is 9.69 Å². The Hall–Kier alpha value is -1.98. The molecule has 2 heterocycles. The SMILES string of the molecule is O=C1CN(CCc2ccccc2)Cc2c(Cl)ncnc2N1. The first-order valence-electron chi connectivity index (χ1n) is 6.78. The summed E-state index contributed by atoms with van der Waals surface area (Å²) in [6.45, 7) is 1.68. The summed E-state index contributed by atoms with van der Waals surface area (Å²) in [6.07, 6.45) is 2.25. The van der Waals surface area contributed by atoms with Crippen LogP contribution in [0.15, 0.2) is 36.7 Å². The quantitative estimate of drug-likeness (QED) is 0.883. The Morgan fingerprint density at radius 1 is 1.19 bits per heavy atom. The number of carbonyl (C=O) groups is 1. The van der Waals surface area contributed by atoms with Crippen molar-refractivity contribution in [2.24, 2.45) is 0 Å². The molecule has 0 fully saturated rings. The predicted molar refractivity (Wildman–Crippen MR) is 81.1 cm³/mol. The summed E-state index contributed by atoms with van der Waals surface area (Å²) in [7, 11) is 0. The van der Waals surface area contributed by atoms with Gasteiger partial charge in [0.1, 0.15) is 17.3 Å². The summed E-state index contributed by atoms with van der Waals surface area (Å²) in [5.41, 5.74) is 2.02. The Kier molecular flexibility index (Phi) is 4.13. The molecule has 0 saturated carbocycles. The van der Waals surface area contributed by atoms with Crippen molar-refractivity contribution in [3.05, 3.63) is 52.9 Å². The lowest BCUT2D eigenvalue weighted by atomic mass is 10.1. The van der Waals surface area contributed by atoms with Gasteiger partial charge in [-0.2, -0.15) is 0 Å². The molecular weight excluding hydrogens is 288 g/mol. The molecule has 0 atom stereocenters. The molecule has 6 heteroatoms. The minimum absolute atomic E-state index is 0.0726. The van der Waals surface area contributed by atoms with Gasteiger partial charge in [0.25, 0.3) is 0 Å². The van der Waals surface area contributed by atoms with Crippen LogP contribution in [-0.2, 0) is 17.8 Å². The first-order valence-corrected chi connectivity index (χ1v) is 7.15. The highest BCUT2D eigenvalue weighted by atomic mass is 35.5. The van der Waals surface area contributed by atoms with Crippen LogP contribution >= 0.6 is 11.6 Å². The number of anilines is 1. The van der Waals surface area contributed by atoms with E-state index in [1.165, 1.54) is 11.9 Å². The molecule has 1 N–H and O–H groups in total. The second kappa shape index (κ2) is 6.20. The van der Waals surface area contributed by atoms with Gasteiger partial charge in [-0.1, -0.05) is 41.9 Å². The third-order valence-corrected chi connectivity index (χ3v) is 3.78. The summed E-state index contributed by atoms with van der Waals surface area (Å²) in [6, 6.07) is 10.2. The van der Waals surface area contributed by atoms with Gasteiger partial charge in [-0.05, 0) is 12.0 Å². The molecule has 1 aromatic carbocycles. The van der Waals surface area contributed by atoms with Gasteiger partial charge in [0.05, 0.1) is 6.54 Å². The fraction of sp³-hybridized carbons (Fsp3) is 0.267. The molecule has 1 aliphatic rings. The third-order valence-electron chi connectivity index (χ3n) is 3.46. The largest absolute Gasteiger partial charge is 0.309 e. The highest BCUT2D eigenvalue weighted by molar-refractivity contribution is 6.30. The second-order valence-corrected chi connectivity index (χ2v) is 5.34. The highest BCUT2D eigenvalue weighted by Gasteiger charge is 2.22. The number of amides is 1. The van der Waals surface area contributed by atoms with Crippen molar-refractivity contribution in [2.45, 2.75) is 13.0 Å². The second-order valence-electron chi connectivity index (χ2n) is 4.99. The van der Waals surface area contributed by atoms with Gasteiger partial charge < -0.3 is 5.32 Å². The predicted octanol–water partition coefficient (Wildman–Crippen LogP) is 2.13. The number of hydrogen-bond acceptors (Lipinski definition) is 4. The van der Waals surface area contributed by atoms with Crippen molar-refractivity contribution in [1.29, 1.82) is 0 Å². The lowest BCUT2D eigenvalue weighted by Gasteiger charge is -2.19. The number of aromatic nitrogens is 2. The molecule has 1 amide bonds. The van der Waals surface area contributed by atoms with E-state index in [0.717, 1.165) is 18.5 Å². The van der Waals surface area contributed by atoms with Crippen molar-refractivity contribution in [1.82, 2.24) is 14.9 Å². The van der Waals surface area contributed by atoms with E-state index in [1.807, 2.05) is 18.2 Å². The summed E-state index contributed by atoms with van der Waals surface area (Å²) in [5.74, 6) is 0.443. The van der Waals surface area contributed by atoms with Crippen LogP contribution in [0.25, 0.3) is 0 Å². The molecule has 0 bridgehead atoms. The molecule has 21 heavy (non-hydrogen) atoms. The van der Waals surface area contributed by atoms with E-state index < -0.39 is 0 Å². The lowest BCUT2D eigenvalue weighted by molar-refractivity contribution is -0.117. The molecule has 0 radical (unpaired) electrons. The number of nitrogens with one attached hydrogen (secondary N) is 1. The van der Waals surface area contributed by atoms with E-state index in [4.69, 9.17) is 11.6 Å². The average Bonchev–Trinajstić information content (AvgIpc) is 2.65. The molecule has 0 saturated heterocycles. The summed E-state index contributed by atoms with van der Waals surface area (Å²) in [4.78, 5) is 22.1. The van der Waals surface area contributed by atoms with Crippen molar-refractivity contribution in [2.75, 3.05) is 18.4 Å². The fourth-order valence-electron chi connectivity index (χ4n) is 2.38. The monoisotopic (exact) mass is 302 g/mol. The lowest BCUT2D eigenvalue weighted by Crippen LogP contribution is -2.31. The molecule has 1 aliphatic heterocycles. The van der Waals surface area contributed by atoms with Gasteiger partial charge in [-0.25, -0.2) is 9.97 Å². The maximum atomic E-state index is 11.9. The zero-order chi connectivity index (χ0) is 14.7. The van der Waals surface area contributed by atoms with E-state index in [-0.39, 0.29) is 5.91 Å². The molecule has 0 unspecified atom stereocenters. The Bertz CT molecular complexity index is 647. The van der Waals surface area contributed by atoms with Crippen LogP contribution in [0.3, 0.4) is 0 Å². The molecule has 0 spiro atoms. The number of fused-ring (bicyclic) bond motifs is 1. The normalized spacial score (nSPS) is 15.2. The fourth-order valence-corrected chi connectivity index (χ4v) is 2.58. The maximum absolute atomic E-state index is 11.9. The molecule has 1 aromatic heterocycles. The zero-order valence-corrected chi connectivity index (χ0v) is 12.2.